The van der Waals surface area contributed by atoms with Gasteiger partial charge in [0.25, 0.3) is 0 Å². The Hall–Kier alpha value is -2.63. The predicted molar refractivity (Wildman–Crippen MR) is 136 cm³/mol. The smallest absolute Gasteiger partial charge is 0.387 e. The van der Waals surface area contributed by atoms with Crippen LogP contribution in [-0.2, 0) is 11.2 Å². The number of guanidine groups is 1. The van der Waals surface area contributed by atoms with Gasteiger partial charge in [-0.25, -0.2) is 0 Å². The zero-order valence-corrected chi connectivity index (χ0v) is 20.7. The van der Waals surface area contributed by atoms with E-state index in [9.17, 15) is 13.6 Å². The Labute approximate surface area is 209 Å². The fraction of sp³-hybridized carbons (Fsp3) is 0.391. The van der Waals surface area contributed by atoms with Gasteiger partial charge in [0.1, 0.15) is 5.75 Å². The number of fused-ring (bicyclic) bond motifs is 1. The maximum atomic E-state index is 12.7. The molecule has 1 atom stereocenters. The molecular formula is C23H28F2IN5O2. The number of para-hydroxylation sites is 3. The van der Waals surface area contributed by atoms with E-state index in [2.05, 4.69) is 20.4 Å². The van der Waals surface area contributed by atoms with Crippen molar-refractivity contribution in [3.63, 3.8) is 0 Å². The van der Waals surface area contributed by atoms with Crippen LogP contribution in [0, 0.1) is 0 Å². The third-order valence-corrected chi connectivity index (χ3v) is 5.77. The third kappa shape index (κ3) is 6.04. The lowest BCUT2D eigenvalue weighted by molar-refractivity contribution is -0.117. The summed E-state index contributed by atoms with van der Waals surface area (Å²) in [5, 5.41) is 6.43. The summed E-state index contributed by atoms with van der Waals surface area (Å²) in [7, 11) is 1.66. The molecule has 1 amide bonds. The normalized spacial score (nSPS) is 17.6. The summed E-state index contributed by atoms with van der Waals surface area (Å²) < 4.78 is 30.1. The lowest BCUT2D eigenvalue weighted by Crippen LogP contribution is -2.48. The van der Waals surface area contributed by atoms with E-state index in [1.54, 1.807) is 36.2 Å². The summed E-state index contributed by atoms with van der Waals surface area (Å²) in [6.45, 7) is -0.741. The maximum absolute atomic E-state index is 12.7. The Morgan fingerprint density at radius 3 is 2.64 bits per heavy atom. The van der Waals surface area contributed by atoms with Crippen LogP contribution in [0.1, 0.15) is 12.0 Å². The van der Waals surface area contributed by atoms with Crippen LogP contribution in [0.2, 0.25) is 0 Å². The number of amides is 1. The minimum atomic E-state index is -2.86. The number of nitrogens with one attached hydrogen (secondary N) is 2. The summed E-state index contributed by atoms with van der Waals surface area (Å²) in [5.74, 6) is 0.695. The van der Waals surface area contributed by atoms with Crippen LogP contribution in [0.15, 0.2) is 53.5 Å². The standard InChI is InChI=1S/C23H27F2N5O2.HI/c1-26-23(27-14-21(31)30-13-10-16-6-2-3-7-18(16)30)28-17-11-12-29(15-17)19-8-4-5-9-20(19)32-22(24)25;/h2-9,17,22H,10-15H2,1H3,(H2,26,27,28);1H. The number of hydrogen-bond donors (Lipinski definition) is 2. The minimum Gasteiger partial charge on any atom is -0.433 e. The number of alkyl halides is 2. The molecule has 2 heterocycles. The number of aliphatic imine (C=N–C) groups is 1. The van der Waals surface area contributed by atoms with Crippen LogP contribution in [0.4, 0.5) is 20.2 Å². The highest BCUT2D eigenvalue weighted by atomic mass is 127. The van der Waals surface area contributed by atoms with E-state index < -0.39 is 6.61 Å². The molecule has 1 unspecified atom stereocenters. The number of hydrogen-bond acceptors (Lipinski definition) is 4. The van der Waals surface area contributed by atoms with Crippen molar-refractivity contribution in [3.05, 3.63) is 54.1 Å². The van der Waals surface area contributed by atoms with Gasteiger partial charge in [-0.15, -0.1) is 24.0 Å². The molecule has 2 aliphatic rings. The van der Waals surface area contributed by atoms with Crippen molar-refractivity contribution in [2.75, 3.05) is 43.0 Å². The van der Waals surface area contributed by atoms with Crippen LogP contribution in [-0.4, -0.2) is 57.7 Å². The van der Waals surface area contributed by atoms with E-state index in [-0.39, 0.29) is 48.2 Å². The van der Waals surface area contributed by atoms with Gasteiger partial charge in [0.15, 0.2) is 5.96 Å². The summed E-state index contributed by atoms with van der Waals surface area (Å²) in [6.07, 6.45) is 1.67. The monoisotopic (exact) mass is 571 g/mol. The number of benzene rings is 2. The number of ether oxygens (including phenoxy) is 1. The summed E-state index contributed by atoms with van der Waals surface area (Å²) in [4.78, 5) is 20.8. The van der Waals surface area contributed by atoms with E-state index >= 15 is 0 Å². The van der Waals surface area contributed by atoms with Crippen molar-refractivity contribution in [1.82, 2.24) is 10.6 Å². The highest BCUT2D eigenvalue weighted by molar-refractivity contribution is 14.0. The largest absolute Gasteiger partial charge is 0.433 e. The molecule has 2 aliphatic heterocycles. The molecule has 0 aromatic heterocycles. The Kier molecular flexibility index (Phi) is 8.70. The zero-order chi connectivity index (χ0) is 22.5. The number of rotatable bonds is 6. The van der Waals surface area contributed by atoms with Crippen molar-refractivity contribution in [2.45, 2.75) is 25.5 Å². The third-order valence-electron chi connectivity index (χ3n) is 5.77. The fourth-order valence-electron chi connectivity index (χ4n) is 4.25. The van der Waals surface area contributed by atoms with Crippen LogP contribution in [0.5, 0.6) is 5.75 Å². The molecule has 178 valence electrons. The number of nitrogens with zero attached hydrogens (tertiary/aromatic N) is 3. The van der Waals surface area contributed by atoms with Gasteiger partial charge < -0.3 is 25.2 Å². The average Bonchev–Trinajstić information content (AvgIpc) is 3.43. The predicted octanol–water partition coefficient (Wildman–Crippen LogP) is 3.24. The molecule has 10 heteroatoms. The second kappa shape index (κ2) is 11.5. The Morgan fingerprint density at radius 1 is 1.15 bits per heavy atom. The van der Waals surface area contributed by atoms with Crippen molar-refractivity contribution < 1.29 is 18.3 Å². The average molecular weight is 571 g/mol. The first kappa shape index (κ1) is 25.0. The van der Waals surface area contributed by atoms with Gasteiger partial charge in [-0.05, 0) is 36.6 Å². The summed E-state index contributed by atoms with van der Waals surface area (Å²) >= 11 is 0. The first-order valence-electron chi connectivity index (χ1n) is 10.7. The van der Waals surface area contributed by atoms with Crippen molar-refractivity contribution >= 4 is 47.2 Å². The van der Waals surface area contributed by atoms with E-state index in [0.29, 0.717) is 31.3 Å². The molecule has 0 saturated carbocycles. The quantitative estimate of drug-likeness (QED) is 0.317. The Bertz CT molecular complexity index is 991. The molecule has 1 fully saturated rings. The SMILES string of the molecule is CN=C(NCC(=O)N1CCc2ccccc21)NC1CCN(c2ccccc2OC(F)F)C1.I. The van der Waals surface area contributed by atoms with E-state index in [4.69, 9.17) is 0 Å². The van der Waals surface area contributed by atoms with Gasteiger partial charge in [0.2, 0.25) is 5.91 Å². The summed E-state index contributed by atoms with van der Waals surface area (Å²) in [5.41, 5.74) is 2.80. The maximum Gasteiger partial charge on any atom is 0.387 e. The van der Waals surface area contributed by atoms with Crippen LogP contribution >= 0.6 is 24.0 Å². The molecule has 0 bridgehead atoms. The summed E-state index contributed by atoms with van der Waals surface area (Å²) in [6, 6.07) is 14.8. The first-order valence-corrected chi connectivity index (χ1v) is 10.7. The van der Waals surface area contributed by atoms with Crippen molar-refractivity contribution in [3.8, 4) is 5.75 Å². The highest BCUT2D eigenvalue weighted by Gasteiger charge is 2.27. The lowest BCUT2D eigenvalue weighted by atomic mass is 10.2. The molecule has 0 spiro atoms. The second-order valence-corrected chi connectivity index (χ2v) is 7.77. The van der Waals surface area contributed by atoms with E-state index in [0.717, 1.165) is 18.5 Å². The number of carbonyl (C=O) groups is 1. The van der Waals surface area contributed by atoms with Gasteiger partial charge in [-0.1, -0.05) is 30.3 Å². The molecule has 33 heavy (non-hydrogen) atoms. The molecular weight excluding hydrogens is 543 g/mol. The number of anilines is 2. The molecule has 1 saturated heterocycles. The first-order chi connectivity index (χ1) is 15.5. The van der Waals surface area contributed by atoms with Crippen LogP contribution < -0.4 is 25.2 Å². The number of halogens is 3. The molecule has 0 aliphatic carbocycles. The van der Waals surface area contributed by atoms with Gasteiger partial charge >= 0.3 is 6.61 Å². The van der Waals surface area contributed by atoms with Crippen LogP contribution in [0.25, 0.3) is 0 Å². The Balaban J connectivity index is 0.00000306. The van der Waals surface area contributed by atoms with Gasteiger partial charge in [-0.3, -0.25) is 9.79 Å². The lowest BCUT2D eigenvalue weighted by Gasteiger charge is -2.23. The number of carbonyl (C=O) groups excluding carboxylic acids is 1. The molecule has 2 aromatic rings. The molecule has 4 rings (SSSR count). The highest BCUT2D eigenvalue weighted by Crippen LogP contribution is 2.32. The van der Waals surface area contributed by atoms with E-state index in [1.807, 2.05) is 29.2 Å². The van der Waals surface area contributed by atoms with Gasteiger partial charge in [0, 0.05) is 38.4 Å². The van der Waals surface area contributed by atoms with E-state index in [1.165, 1.54) is 5.56 Å². The fourth-order valence-corrected chi connectivity index (χ4v) is 4.25. The van der Waals surface area contributed by atoms with Crippen molar-refractivity contribution in [2.24, 2.45) is 4.99 Å². The van der Waals surface area contributed by atoms with Crippen molar-refractivity contribution in [1.29, 1.82) is 0 Å². The molecule has 2 aromatic carbocycles. The Morgan fingerprint density at radius 2 is 1.88 bits per heavy atom. The van der Waals surface area contributed by atoms with Gasteiger partial charge in [0.05, 0.1) is 12.2 Å². The topological polar surface area (TPSA) is 69.2 Å². The van der Waals surface area contributed by atoms with Gasteiger partial charge in [-0.2, -0.15) is 8.78 Å². The van der Waals surface area contributed by atoms with Crippen LogP contribution in [0.3, 0.4) is 0 Å². The minimum absolute atomic E-state index is 0. The molecule has 7 nitrogen and oxygen atoms in total. The molecule has 2 N–H and O–H groups in total. The molecule has 0 radical (unpaired) electrons. The zero-order valence-electron chi connectivity index (χ0n) is 18.3. The second-order valence-electron chi connectivity index (χ2n) is 7.77.